The Morgan fingerprint density at radius 3 is 2.53 bits per heavy atom. The minimum atomic E-state index is -0.493. The third-order valence-corrected chi connectivity index (χ3v) is 4.62. The van der Waals surface area contributed by atoms with Gasteiger partial charge >= 0.3 is 5.97 Å². The number of rotatable bonds is 8. The van der Waals surface area contributed by atoms with Gasteiger partial charge in [0.2, 0.25) is 0 Å². The summed E-state index contributed by atoms with van der Waals surface area (Å²) in [6, 6.07) is 12.0. The van der Waals surface area contributed by atoms with E-state index >= 15 is 0 Å². The van der Waals surface area contributed by atoms with Gasteiger partial charge in [0, 0.05) is 13.1 Å². The van der Waals surface area contributed by atoms with Crippen LogP contribution in [0.3, 0.4) is 0 Å². The maximum Gasteiger partial charge on any atom is 0.338 e. The van der Waals surface area contributed by atoms with Crippen molar-refractivity contribution < 1.29 is 33.3 Å². The Hall–Kier alpha value is -3.26. The lowest BCUT2D eigenvalue weighted by Crippen LogP contribution is -2.43. The normalized spacial score (nSPS) is 13.5. The van der Waals surface area contributed by atoms with Crippen molar-refractivity contribution in [3.63, 3.8) is 0 Å². The second-order valence-electron chi connectivity index (χ2n) is 6.58. The SMILES string of the molecule is COc1cccc(COC(=O)c2ccc(OCC(=O)N3CCOCC3)c(OC)c2)c1. The Balaban J connectivity index is 1.58. The first kappa shape index (κ1) is 21.4. The summed E-state index contributed by atoms with van der Waals surface area (Å²) in [5, 5.41) is 0. The van der Waals surface area contributed by atoms with Gasteiger partial charge in [0.1, 0.15) is 12.4 Å². The number of morpholine rings is 1. The first-order valence-corrected chi connectivity index (χ1v) is 9.57. The zero-order valence-corrected chi connectivity index (χ0v) is 17.1. The molecular formula is C22H25NO7. The van der Waals surface area contributed by atoms with Gasteiger partial charge in [-0.15, -0.1) is 0 Å². The summed E-state index contributed by atoms with van der Waals surface area (Å²) in [5.74, 6) is 0.802. The molecule has 30 heavy (non-hydrogen) atoms. The number of hydrogen-bond donors (Lipinski definition) is 0. The molecule has 2 aromatic carbocycles. The van der Waals surface area contributed by atoms with Crippen molar-refractivity contribution in [3.8, 4) is 17.2 Å². The second-order valence-corrected chi connectivity index (χ2v) is 6.58. The number of hydrogen-bond acceptors (Lipinski definition) is 7. The molecule has 0 bridgehead atoms. The van der Waals surface area contributed by atoms with E-state index in [1.54, 1.807) is 30.2 Å². The predicted molar refractivity (Wildman–Crippen MR) is 108 cm³/mol. The number of carbonyl (C=O) groups is 2. The Kier molecular flexibility index (Phi) is 7.51. The van der Waals surface area contributed by atoms with Crippen molar-refractivity contribution in [2.45, 2.75) is 6.61 Å². The summed E-state index contributed by atoms with van der Waals surface area (Å²) in [4.78, 5) is 26.3. The number of methoxy groups -OCH3 is 2. The van der Waals surface area contributed by atoms with Gasteiger partial charge in [0.05, 0.1) is 33.0 Å². The largest absolute Gasteiger partial charge is 0.497 e. The van der Waals surface area contributed by atoms with Crippen LogP contribution in [0.25, 0.3) is 0 Å². The van der Waals surface area contributed by atoms with E-state index in [-0.39, 0.29) is 19.1 Å². The Labute approximate surface area is 175 Å². The van der Waals surface area contributed by atoms with Crippen LogP contribution in [-0.2, 0) is 20.9 Å². The van der Waals surface area contributed by atoms with Crippen LogP contribution in [0.2, 0.25) is 0 Å². The van der Waals surface area contributed by atoms with Gasteiger partial charge < -0.3 is 28.6 Å². The quantitative estimate of drug-likeness (QED) is 0.612. The van der Waals surface area contributed by atoms with E-state index in [4.69, 9.17) is 23.7 Å². The van der Waals surface area contributed by atoms with Crippen LogP contribution in [0.15, 0.2) is 42.5 Å². The third kappa shape index (κ3) is 5.64. The van der Waals surface area contributed by atoms with Crippen LogP contribution in [0.1, 0.15) is 15.9 Å². The van der Waals surface area contributed by atoms with Crippen LogP contribution < -0.4 is 14.2 Å². The number of ether oxygens (including phenoxy) is 5. The minimum absolute atomic E-state index is 0.115. The number of amides is 1. The topological polar surface area (TPSA) is 83.5 Å². The van der Waals surface area contributed by atoms with Gasteiger partial charge in [0.15, 0.2) is 18.1 Å². The van der Waals surface area contributed by atoms with Crippen molar-refractivity contribution in [2.75, 3.05) is 47.1 Å². The summed E-state index contributed by atoms with van der Waals surface area (Å²) in [7, 11) is 3.05. The summed E-state index contributed by atoms with van der Waals surface area (Å²) >= 11 is 0. The highest BCUT2D eigenvalue weighted by molar-refractivity contribution is 5.90. The number of benzene rings is 2. The second kappa shape index (κ2) is 10.5. The summed E-state index contributed by atoms with van der Waals surface area (Å²) in [6.45, 7) is 2.17. The molecule has 0 radical (unpaired) electrons. The first-order chi connectivity index (χ1) is 14.6. The average molecular weight is 415 g/mol. The van der Waals surface area contributed by atoms with Gasteiger partial charge in [0.25, 0.3) is 5.91 Å². The Bertz CT molecular complexity index is 878. The third-order valence-electron chi connectivity index (χ3n) is 4.62. The standard InChI is InChI=1S/C22H25NO7/c1-26-18-5-3-4-16(12-18)14-30-22(25)17-6-7-19(20(13-17)27-2)29-15-21(24)23-8-10-28-11-9-23/h3-7,12-13H,8-11,14-15H2,1-2H3. The fourth-order valence-electron chi connectivity index (χ4n) is 2.95. The molecule has 3 rings (SSSR count). The maximum atomic E-state index is 12.4. The molecule has 2 aromatic rings. The summed E-state index contributed by atoms with van der Waals surface area (Å²) < 4.78 is 26.7. The molecule has 0 aliphatic carbocycles. The van der Waals surface area contributed by atoms with E-state index in [1.807, 2.05) is 18.2 Å². The molecular weight excluding hydrogens is 390 g/mol. The van der Waals surface area contributed by atoms with E-state index < -0.39 is 5.97 Å². The average Bonchev–Trinajstić information content (AvgIpc) is 2.81. The van der Waals surface area contributed by atoms with Crippen LogP contribution >= 0.6 is 0 Å². The fourth-order valence-corrected chi connectivity index (χ4v) is 2.95. The van der Waals surface area contributed by atoms with E-state index in [0.717, 1.165) is 5.56 Å². The van der Waals surface area contributed by atoms with Crippen molar-refractivity contribution in [1.29, 1.82) is 0 Å². The van der Waals surface area contributed by atoms with Crippen molar-refractivity contribution in [2.24, 2.45) is 0 Å². The fraction of sp³-hybridized carbons (Fsp3) is 0.364. The molecule has 1 saturated heterocycles. The van der Waals surface area contributed by atoms with Crippen LogP contribution in [0, 0.1) is 0 Å². The molecule has 0 atom stereocenters. The number of nitrogens with zero attached hydrogens (tertiary/aromatic N) is 1. The zero-order valence-electron chi connectivity index (χ0n) is 17.1. The molecule has 1 aliphatic heterocycles. The van der Waals surface area contributed by atoms with E-state index in [2.05, 4.69) is 0 Å². The van der Waals surface area contributed by atoms with Gasteiger partial charge in [-0.1, -0.05) is 12.1 Å². The van der Waals surface area contributed by atoms with Gasteiger partial charge in [-0.3, -0.25) is 4.79 Å². The Morgan fingerprint density at radius 2 is 1.80 bits per heavy atom. The molecule has 1 heterocycles. The molecule has 0 aromatic heterocycles. The number of esters is 1. The molecule has 0 spiro atoms. The van der Waals surface area contributed by atoms with Gasteiger partial charge in [-0.25, -0.2) is 4.79 Å². The molecule has 1 fully saturated rings. The van der Waals surface area contributed by atoms with E-state index in [0.29, 0.717) is 49.1 Å². The van der Waals surface area contributed by atoms with Gasteiger partial charge in [-0.2, -0.15) is 0 Å². The highest BCUT2D eigenvalue weighted by atomic mass is 16.5. The van der Waals surface area contributed by atoms with Crippen LogP contribution in [0.4, 0.5) is 0 Å². The summed E-state index contributed by atoms with van der Waals surface area (Å²) in [5.41, 5.74) is 1.14. The van der Waals surface area contributed by atoms with Gasteiger partial charge in [-0.05, 0) is 35.9 Å². The monoisotopic (exact) mass is 415 g/mol. The maximum absolute atomic E-state index is 12.4. The van der Waals surface area contributed by atoms with Crippen molar-refractivity contribution in [3.05, 3.63) is 53.6 Å². The molecule has 8 nitrogen and oxygen atoms in total. The lowest BCUT2D eigenvalue weighted by Gasteiger charge is -2.26. The predicted octanol–water partition coefficient (Wildman–Crippen LogP) is 2.30. The molecule has 0 saturated carbocycles. The van der Waals surface area contributed by atoms with E-state index in [1.165, 1.54) is 13.2 Å². The van der Waals surface area contributed by atoms with Crippen molar-refractivity contribution in [1.82, 2.24) is 4.90 Å². The molecule has 8 heteroatoms. The highest BCUT2D eigenvalue weighted by Crippen LogP contribution is 2.28. The minimum Gasteiger partial charge on any atom is -0.497 e. The molecule has 1 aliphatic rings. The zero-order chi connectivity index (χ0) is 21.3. The molecule has 0 N–H and O–H groups in total. The molecule has 1 amide bonds. The lowest BCUT2D eigenvalue weighted by molar-refractivity contribution is -0.137. The highest BCUT2D eigenvalue weighted by Gasteiger charge is 2.19. The lowest BCUT2D eigenvalue weighted by atomic mass is 10.2. The first-order valence-electron chi connectivity index (χ1n) is 9.57. The smallest absolute Gasteiger partial charge is 0.338 e. The summed E-state index contributed by atoms with van der Waals surface area (Å²) in [6.07, 6.45) is 0. The van der Waals surface area contributed by atoms with E-state index in [9.17, 15) is 9.59 Å². The molecule has 0 unspecified atom stereocenters. The van der Waals surface area contributed by atoms with Crippen LogP contribution in [0.5, 0.6) is 17.2 Å². The Morgan fingerprint density at radius 1 is 1.00 bits per heavy atom. The number of carbonyl (C=O) groups excluding carboxylic acids is 2. The van der Waals surface area contributed by atoms with Crippen molar-refractivity contribution >= 4 is 11.9 Å². The molecule has 160 valence electrons. The van der Waals surface area contributed by atoms with Crippen LogP contribution in [-0.4, -0.2) is 63.9 Å².